The molecule has 10 nitrogen and oxygen atoms in total. The van der Waals surface area contributed by atoms with E-state index < -0.39 is 17.4 Å². The number of fused-ring (bicyclic) bond motifs is 1. The standard InChI is InChI=1S/C21H17N5O5S/c1-3-31-21(29)17-14-11-32-19(24-18(27)15-10-22-8-9-23-15)16(14)20(28)26(25-17)12-4-6-13(30-2)7-5-12/h4-11H,3H2,1-2H3,(H,24,27). The van der Waals surface area contributed by atoms with Gasteiger partial charge in [0, 0.05) is 23.2 Å². The summed E-state index contributed by atoms with van der Waals surface area (Å²) in [4.78, 5) is 46.4. The maximum Gasteiger partial charge on any atom is 0.359 e. The first-order valence-corrected chi connectivity index (χ1v) is 10.3. The summed E-state index contributed by atoms with van der Waals surface area (Å²) in [5, 5.41) is 9.21. The number of nitrogens with one attached hydrogen (secondary N) is 1. The van der Waals surface area contributed by atoms with Gasteiger partial charge in [-0.05, 0) is 31.2 Å². The van der Waals surface area contributed by atoms with Gasteiger partial charge in [-0.15, -0.1) is 11.3 Å². The summed E-state index contributed by atoms with van der Waals surface area (Å²) in [5.74, 6) is -0.614. The molecule has 0 aliphatic carbocycles. The van der Waals surface area contributed by atoms with E-state index in [0.29, 0.717) is 11.4 Å². The molecule has 0 saturated carbocycles. The molecule has 4 aromatic rings. The van der Waals surface area contributed by atoms with Crippen LogP contribution in [-0.2, 0) is 4.74 Å². The zero-order valence-electron chi connectivity index (χ0n) is 17.1. The van der Waals surface area contributed by atoms with E-state index in [2.05, 4.69) is 20.4 Å². The van der Waals surface area contributed by atoms with Gasteiger partial charge in [0.15, 0.2) is 5.69 Å². The molecule has 0 radical (unpaired) electrons. The lowest BCUT2D eigenvalue weighted by atomic mass is 10.2. The molecule has 0 spiro atoms. The first-order chi connectivity index (χ1) is 15.5. The Labute approximate surface area is 185 Å². The highest BCUT2D eigenvalue weighted by Crippen LogP contribution is 2.31. The number of nitrogens with zero attached hydrogens (tertiary/aromatic N) is 4. The number of ether oxygens (including phenoxy) is 2. The van der Waals surface area contributed by atoms with Crippen molar-refractivity contribution >= 4 is 39.0 Å². The van der Waals surface area contributed by atoms with Crippen LogP contribution < -0.4 is 15.6 Å². The van der Waals surface area contributed by atoms with Crippen LogP contribution in [0.3, 0.4) is 0 Å². The van der Waals surface area contributed by atoms with Crippen molar-refractivity contribution in [2.24, 2.45) is 0 Å². The molecule has 0 atom stereocenters. The quantitative estimate of drug-likeness (QED) is 0.444. The molecule has 3 heterocycles. The van der Waals surface area contributed by atoms with Crippen molar-refractivity contribution in [1.29, 1.82) is 0 Å². The van der Waals surface area contributed by atoms with E-state index in [1.165, 1.54) is 25.7 Å². The van der Waals surface area contributed by atoms with E-state index >= 15 is 0 Å². The number of methoxy groups -OCH3 is 1. The van der Waals surface area contributed by atoms with Gasteiger partial charge >= 0.3 is 5.97 Å². The molecule has 0 aliphatic rings. The van der Waals surface area contributed by atoms with Crippen molar-refractivity contribution in [3.63, 3.8) is 0 Å². The van der Waals surface area contributed by atoms with Crippen LogP contribution in [0, 0.1) is 0 Å². The number of hydrogen-bond acceptors (Lipinski definition) is 9. The maximum atomic E-state index is 13.4. The normalized spacial score (nSPS) is 10.7. The van der Waals surface area contributed by atoms with E-state index in [-0.39, 0.29) is 33.8 Å². The Morgan fingerprint density at radius 3 is 2.62 bits per heavy atom. The second-order valence-corrected chi connectivity index (χ2v) is 7.26. The number of esters is 1. The van der Waals surface area contributed by atoms with E-state index in [1.807, 2.05) is 0 Å². The number of carbonyl (C=O) groups excluding carboxylic acids is 2. The molecule has 3 aromatic heterocycles. The molecule has 1 N–H and O–H groups in total. The third kappa shape index (κ3) is 3.93. The van der Waals surface area contributed by atoms with E-state index in [0.717, 1.165) is 16.0 Å². The average Bonchev–Trinajstić information content (AvgIpc) is 3.24. The number of hydrogen-bond donors (Lipinski definition) is 1. The minimum Gasteiger partial charge on any atom is -0.497 e. The van der Waals surface area contributed by atoms with Gasteiger partial charge in [-0.25, -0.2) is 9.78 Å². The predicted octanol–water partition coefficient (Wildman–Crippen LogP) is 2.67. The van der Waals surface area contributed by atoms with E-state index in [1.54, 1.807) is 36.6 Å². The molecule has 11 heteroatoms. The fourth-order valence-corrected chi connectivity index (χ4v) is 3.91. The Bertz CT molecular complexity index is 1350. The van der Waals surface area contributed by atoms with Crippen LogP contribution in [0.4, 0.5) is 5.00 Å². The number of thiophene rings is 1. The van der Waals surface area contributed by atoms with Crippen LogP contribution in [0.5, 0.6) is 5.75 Å². The Kier molecular flexibility index (Phi) is 5.90. The number of benzene rings is 1. The lowest BCUT2D eigenvalue weighted by molar-refractivity contribution is 0.0520. The molecule has 0 bridgehead atoms. The molecule has 0 fully saturated rings. The van der Waals surface area contributed by atoms with Crippen molar-refractivity contribution < 1.29 is 19.1 Å². The van der Waals surface area contributed by atoms with E-state index in [4.69, 9.17) is 9.47 Å². The fraction of sp³-hybridized carbons (Fsp3) is 0.143. The third-order valence-corrected chi connectivity index (χ3v) is 5.36. The molecular formula is C21H17N5O5S. The first-order valence-electron chi connectivity index (χ1n) is 9.47. The number of aromatic nitrogens is 4. The summed E-state index contributed by atoms with van der Waals surface area (Å²) < 4.78 is 11.4. The molecule has 162 valence electrons. The van der Waals surface area contributed by atoms with Gasteiger partial charge in [0.05, 0.1) is 31.0 Å². The highest BCUT2D eigenvalue weighted by molar-refractivity contribution is 7.16. The molecule has 0 saturated heterocycles. The molecule has 32 heavy (non-hydrogen) atoms. The zero-order chi connectivity index (χ0) is 22.7. The summed E-state index contributed by atoms with van der Waals surface area (Å²) >= 11 is 1.10. The lowest BCUT2D eigenvalue weighted by Crippen LogP contribution is -2.25. The van der Waals surface area contributed by atoms with Gasteiger partial charge < -0.3 is 14.8 Å². The summed E-state index contributed by atoms with van der Waals surface area (Å²) in [6.45, 7) is 1.82. The van der Waals surface area contributed by atoms with Gasteiger partial charge in [-0.2, -0.15) is 9.78 Å². The first kappa shape index (κ1) is 21.1. The van der Waals surface area contributed by atoms with Crippen LogP contribution in [0.15, 0.2) is 53.0 Å². The van der Waals surface area contributed by atoms with Gasteiger partial charge in [0.1, 0.15) is 16.4 Å². The minimum atomic E-state index is -0.677. The zero-order valence-corrected chi connectivity index (χ0v) is 17.9. The van der Waals surface area contributed by atoms with Crippen LogP contribution in [0.1, 0.15) is 27.9 Å². The Morgan fingerprint density at radius 2 is 1.97 bits per heavy atom. The SMILES string of the molecule is CCOC(=O)c1nn(-c2ccc(OC)cc2)c(=O)c2c(NC(=O)c3cnccn3)scc12. The molecule has 4 rings (SSSR count). The average molecular weight is 451 g/mol. The molecule has 0 unspecified atom stereocenters. The van der Waals surface area contributed by atoms with Gasteiger partial charge in [0.2, 0.25) is 0 Å². The second kappa shape index (κ2) is 8.94. The van der Waals surface area contributed by atoms with Crippen molar-refractivity contribution in [1.82, 2.24) is 19.7 Å². The smallest absolute Gasteiger partial charge is 0.359 e. The number of amides is 1. The highest BCUT2D eigenvalue weighted by Gasteiger charge is 2.23. The summed E-state index contributed by atoms with van der Waals surface area (Å²) in [6.07, 6.45) is 4.15. The largest absolute Gasteiger partial charge is 0.497 e. The van der Waals surface area contributed by atoms with Gasteiger partial charge in [-0.3, -0.25) is 14.6 Å². The van der Waals surface area contributed by atoms with Crippen molar-refractivity contribution in [3.05, 3.63) is 70.0 Å². The number of anilines is 1. The topological polar surface area (TPSA) is 125 Å². The number of carbonyl (C=O) groups is 2. The van der Waals surface area contributed by atoms with Crippen LogP contribution in [0.25, 0.3) is 16.5 Å². The van der Waals surface area contributed by atoms with Crippen LogP contribution >= 0.6 is 11.3 Å². The third-order valence-electron chi connectivity index (χ3n) is 4.46. The number of rotatable bonds is 6. The minimum absolute atomic E-state index is 0.0338. The summed E-state index contributed by atoms with van der Waals surface area (Å²) in [5.41, 5.74) is -0.0349. The van der Waals surface area contributed by atoms with Crippen molar-refractivity contribution in [3.8, 4) is 11.4 Å². The van der Waals surface area contributed by atoms with Gasteiger partial charge in [-0.1, -0.05) is 0 Å². The fourth-order valence-electron chi connectivity index (χ4n) is 2.97. The molecular weight excluding hydrogens is 434 g/mol. The highest BCUT2D eigenvalue weighted by atomic mass is 32.1. The maximum absolute atomic E-state index is 13.4. The van der Waals surface area contributed by atoms with Crippen molar-refractivity contribution in [2.75, 3.05) is 19.0 Å². The molecule has 0 aliphatic heterocycles. The van der Waals surface area contributed by atoms with Crippen molar-refractivity contribution in [2.45, 2.75) is 6.92 Å². The molecule has 1 aromatic carbocycles. The van der Waals surface area contributed by atoms with Crippen LogP contribution in [-0.4, -0.2) is 45.3 Å². The lowest BCUT2D eigenvalue weighted by Gasteiger charge is -2.10. The summed E-state index contributed by atoms with van der Waals surface area (Å²) in [7, 11) is 1.53. The molecule has 1 amide bonds. The van der Waals surface area contributed by atoms with Crippen LogP contribution in [0.2, 0.25) is 0 Å². The Hall–Kier alpha value is -4.12. The monoisotopic (exact) mass is 451 g/mol. The predicted molar refractivity (Wildman–Crippen MR) is 118 cm³/mol. The van der Waals surface area contributed by atoms with Gasteiger partial charge in [0.25, 0.3) is 11.5 Å². The second-order valence-electron chi connectivity index (χ2n) is 6.38. The van der Waals surface area contributed by atoms with E-state index in [9.17, 15) is 14.4 Å². The Balaban J connectivity index is 1.88. The Morgan fingerprint density at radius 1 is 1.19 bits per heavy atom. The summed E-state index contributed by atoms with van der Waals surface area (Å²) in [6, 6.07) is 6.61.